The van der Waals surface area contributed by atoms with E-state index in [-0.39, 0.29) is 5.91 Å². The minimum atomic E-state index is -0.115. The number of hydrogen-bond donors (Lipinski definition) is 0. The van der Waals surface area contributed by atoms with E-state index < -0.39 is 0 Å². The molecule has 7 heteroatoms. The average molecular weight is 308 g/mol. The Bertz CT molecular complexity index is 887. The van der Waals surface area contributed by atoms with Gasteiger partial charge in [0.2, 0.25) is 0 Å². The lowest BCUT2D eigenvalue weighted by atomic mass is 10.2. The number of aryl methyl sites for hydroxylation is 1. The standard InChI is InChI=1S/C16H16N6O/c1-2-14-19-20-15-10-21(7-8-22(14)15)16(23)13-9-17-11-5-3-4-6-12(11)18-13/h3-6,9H,2,7-8,10H2,1H3. The predicted octanol–water partition coefficient (Wildman–Crippen LogP) is 1.44. The molecule has 7 nitrogen and oxygen atoms in total. The maximum Gasteiger partial charge on any atom is 0.274 e. The zero-order chi connectivity index (χ0) is 15.8. The number of rotatable bonds is 2. The Labute approximate surface area is 133 Å². The number of para-hydroxylation sites is 2. The number of hydrogen-bond acceptors (Lipinski definition) is 5. The SMILES string of the molecule is CCc1nnc2n1CCN(C(=O)c1cnc3ccccc3n1)C2. The van der Waals surface area contributed by atoms with Crippen molar-refractivity contribution in [1.82, 2.24) is 29.6 Å². The maximum absolute atomic E-state index is 12.7. The first-order chi connectivity index (χ1) is 11.3. The Morgan fingerprint density at radius 1 is 1.17 bits per heavy atom. The van der Waals surface area contributed by atoms with Crippen LogP contribution in [0.1, 0.15) is 29.1 Å². The van der Waals surface area contributed by atoms with Crippen molar-refractivity contribution in [2.24, 2.45) is 0 Å². The maximum atomic E-state index is 12.7. The van der Waals surface area contributed by atoms with Crippen LogP contribution in [0.4, 0.5) is 0 Å². The Morgan fingerprint density at radius 2 is 2.00 bits per heavy atom. The van der Waals surface area contributed by atoms with E-state index in [1.165, 1.54) is 0 Å². The first-order valence-electron chi connectivity index (χ1n) is 7.68. The molecule has 116 valence electrons. The van der Waals surface area contributed by atoms with Crippen molar-refractivity contribution in [1.29, 1.82) is 0 Å². The van der Waals surface area contributed by atoms with Crippen LogP contribution in [-0.4, -0.2) is 42.1 Å². The highest BCUT2D eigenvalue weighted by Crippen LogP contribution is 2.16. The molecule has 1 aliphatic rings. The summed E-state index contributed by atoms with van der Waals surface area (Å²) >= 11 is 0. The lowest BCUT2D eigenvalue weighted by Gasteiger charge is -2.27. The van der Waals surface area contributed by atoms with E-state index in [1.54, 1.807) is 11.1 Å². The molecule has 0 saturated heterocycles. The van der Waals surface area contributed by atoms with Crippen LogP contribution < -0.4 is 0 Å². The van der Waals surface area contributed by atoms with Gasteiger partial charge in [0.15, 0.2) is 5.82 Å². The molecule has 0 aliphatic carbocycles. The van der Waals surface area contributed by atoms with Gasteiger partial charge in [0.1, 0.15) is 11.5 Å². The Morgan fingerprint density at radius 3 is 2.83 bits per heavy atom. The molecular formula is C16H16N6O. The lowest BCUT2D eigenvalue weighted by molar-refractivity contribution is 0.0700. The molecule has 0 N–H and O–H groups in total. The smallest absolute Gasteiger partial charge is 0.274 e. The molecule has 0 unspecified atom stereocenters. The largest absolute Gasteiger partial charge is 0.328 e. The fourth-order valence-electron chi connectivity index (χ4n) is 2.88. The van der Waals surface area contributed by atoms with Crippen molar-refractivity contribution < 1.29 is 4.79 Å². The summed E-state index contributed by atoms with van der Waals surface area (Å²) in [5.41, 5.74) is 1.88. The summed E-state index contributed by atoms with van der Waals surface area (Å²) < 4.78 is 2.09. The van der Waals surface area contributed by atoms with E-state index in [2.05, 4.69) is 31.7 Å². The molecule has 0 radical (unpaired) electrons. The molecule has 0 fully saturated rings. The summed E-state index contributed by atoms with van der Waals surface area (Å²) in [7, 11) is 0. The molecule has 4 rings (SSSR count). The van der Waals surface area contributed by atoms with Crippen LogP contribution in [0.2, 0.25) is 0 Å². The Kier molecular flexibility index (Phi) is 3.25. The summed E-state index contributed by atoms with van der Waals surface area (Å²) in [6.45, 7) is 3.86. The van der Waals surface area contributed by atoms with Crippen LogP contribution >= 0.6 is 0 Å². The number of fused-ring (bicyclic) bond motifs is 2. The molecule has 0 spiro atoms. The molecule has 0 saturated carbocycles. The molecule has 0 atom stereocenters. The fraction of sp³-hybridized carbons (Fsp3) is 0.312. The van der Waals surface area contributed by atoms with E-state index in [0.29, 0.717) is 18.8 Å². The number of nitrogens with zero attached hydrogens (tertiary/aromatic N) is 6. The second kappa shape index (κ2) is 5.42. The van der Waals surface area contributed by atoms with Gasteiger partial charge in [0, 0.05) is 19.5 Å². The summed E-state index contributed by atoms with van der Waals surface area (Å²) in [4.78, 5) is 23.2. The first kappa shape index (κ1) is 13.8. The summed E-state index contributed by atoms with van der Waals surface area (Å²) in [5, 5.41) is 8.36. The molecular weight excluding hydrogens is 292 g/mol. The summed E-state index contributed by atoms with van der Waals surface area (Å²) in [6.07, 6.45) is 2.39. The third-order valence-corrected chi connectivity index (χ3v) is 4.10. The van der Waals surface area contributed by atoms with Gasteiger partial charge in [-0.2, -0.15) is 0 Å². The van der Waals surface area contributed by atoms with E-state index in [0.717, 1.165) is 35.6 Å². The van der Waals surface area contributed by atoms with Crippen LogP contribution in [0.25, 0.3) is 11.0 Å². The number of amides is 1. The second-order valence-corrected chi connectivity index (χ2v) is 5.51. The van der Waals surface area contributed by atoms with Gasteiger partial charge in [0.05, 0.1) is 23.8 Å². The van der Waals surface area contributed by atoms with Crippen molar-refractivity contribution in [2.45, 2.75) is 26.4 Å². The van der Waals surface area contributed by atoms with Crippen LogP contribution in [-0.2, 0) is 19.5 Å². The Balaban J connectivity index is 1.61. The molecule has 1 aliphatic heterocycles. The van der Waals surface area contributed by atoms with E-state index in [1.807, 2.05) is 24.3 Å². The van der Waals surface area contributed by atoms with Crippen molar-refractivity contribution in [3.8, 4) is 0 Å². The van der Waals surface area contributed by atoms with Gasteiger partial charge >= 0.3 is 0 Å². The Hall–Kier alpha value is -2.83. The van der Waals surface area contributed by atoms with Gasteiger partial charge in [-0.1, -0.05) is 19.1 Å². The lowest BCUT2D eigenvalue weighted by Crippen LogP contribution is -2.39. The minimum Gasteiger partial charge on any atom is -0.328 e. The predicted molar refractivity (Wildman–Crippen MR) is 83.7 cm³/mol. The number of carbonyl (C=O) groups excluding carboxylic acids is 1. The second-order valence-electron chi connectivity index (χ2n) is 5.51. The number of aromatic nitrogens is 5. The molecule has 2 aromatic heterocycles. The zero-order valence-corrected chi connectivity index (χ0v) is 12.8. The zero-order valence-electron chi connectivity index (χ0n) is 12.8. The molecule has 1 aromatic carbocycles. The van der Waals surface area contributed by atoms with E-state index in [9.17, 15) is 4.79 Å². The van der Waals surface area contributed by atoms with Crippen LogP contribution in [0, 0.1) is 0 Å². The third kappa shape index (κ3) is 2.34. The highest BCUT2D eigenvalue weighted by Gasteiger charge is 2.25. The topological polar surface area (TPSA) is 76.8 Å². The fourth-order valence-corrected chi connectivity index (χ4v) is 2.88. The van der Waals surface area contributed by atoms with Crippen molar-refractivity contribution in [3.05, 3.63) is 47.8 Å². The number of benzene rings is 1. The average Bonchev–Trinajstić information content (AvgIpc) is 3.03. The van der Waals surface area contributed by atoms with Gasteiger partial charge in [0.25, 0.3) is 5.91 Å². The molecule has 3 aromatic rings. The highest BCUT2D eigenvalue weighted by atomic mass is 16.2. The van der Waals surface area contributed by atoms with Gasteiger partial charge in [-0.3, -0.25) is 9.78 Å². The molecule has 1 amide bonds. The van der Waals surface area contributed by atoms with Crippen LogP contribution in [0.15, 0.2) is 30.5 Å². The van der Waals surface area contributed by atoms with Crippen LogP contribution in [0.5, 0.6) is 0 Å². The molecule has 0 bridgehead atoms. The molecule has 3 heterocycles. The minimum absolute atomic E-state index is 0.115. The van der Waals surface area contributed by atoms with Gasteiger partial charge < -0.3 is 9.47 Å². The normalized spacial score (nSPS) is 14.0. The number of carbonyl (C=O) groups is 1. The van der Waals surface area contributed by atoms with E-state index >= 15 is 0 Å². The van der Waals surface area contributed by atoms with Gasteiger partial charge in [-0.15, -0.1) is 10.2 Å². The van der Waals surface area contributed by atoms with Gasteiger partial charge in [-0.25, -0.2) is 4.98 Å². The van der Waals surface area contributed by atoms with Crippen molar-refractivity contribution >= 4 is 16.9 Å². The highest BCUT2D eigenvalue weighted by molar-refractivity contribution is 5.93. The van der Waals surface area contributed by atoms with Crippen molar-refractivity contribution in [3.63, 3.8) is 0 Å². The first-order valence-corrected chi connectivity index (χ1v) is 7.68. The van der Waals surface area contributed by atoms with Gasteiger partial charge in [-0.05, 0) is 12.1 Å². The quantitative estimate of drug-likeness (QED) is 0.716. The summed E-state index contributed by atoms with van der Waals surface area (Å²) in [6, 6.07) is 7.54. The molecule has 23 heavy (non-hydrogen) atoms. The van der Waals surface area contributed by atoms with Crippen LogP contribution in [0.3, 0.4) is 0 Å². The van der Waals surface area contributed by atoms with E-state index in [4.69, 9.17) is 0 Å². The van der Waals surface area contributed by atoms with Crippen molar-refractivity contribution in [2.75, 3.05) is 6.54 Å². The monoisotopic (exact) mass is 308 g/mol. The third-order valence-electron chi connectivity index (χ3n) is 4.10. The summed E-state index contributed by atoms with van der Waals surface area (Å²) in [5.74, 6) is 1.68.